The van der Waals surface area contributed by atoms with Crippen molar-refractivity contribution >= 4 is 0 Å². The third-order valence-corrected chi connectivity index (χ3v) is 3.28. The van der Waals surface area contributed by atoms with Crippen molar-refractivity contribution in [3.8, 4) is 11.5 Å². The van der Waals surface area contributed by atoms with Crippen molar-refractivity contribution in [2.24, 2.45) is 0 Å². The molecule has 1 heterocycles. The van der Waals surface area contributed by atoms with E-state index in [0.29, 0.717) is 6.42 Å². The predicted octanol–water partition coefficient (Wildman–Crippen LogP) is 1.40. The molecule has 0 bridgehead atoms. The number of phenols is 2. The summed E-state index contributed by atoms with van der Waals surface area (Å²) in [6.45, 7) is 3.05. The number of nitrogens with zero attached hydrogens (tertiary/aromatic N) is 1. The third-order valence-electron chi connectivity index (χ3n) is 3.28. The Balaban J connectivity index is 2.22. The molecular weight excluding hydrogens is 235 g/mol. The number of hydrogen-bond donors (Lipinski definition) is 3. The monoisotopic (exact) mass is 254 g/mol. The second-order valence-corrected chi connectivity index (χ2v) is 4.56. The molecule has 3 N–H and O–H groups in total. The fraction of sp³-hybridized carbons (Fsp3) is 0.538. The number of nitrogens with one attached hydrogen (secondary N) is 1. The second kappa shape index (κ2) is 6.02. The van der Waals surface area contributed by atoms with Gasteiger partial charge in [-0.05, 0) is 24.1 Å². The Morgan fingerprint density at radius 1 is 1.17 bits per heavy atom. The van der Waals surface area contributed by atoms with Crippen LogP contribution in [-0.2, 0) is 0 Å². The van der Waals surface area contributed by atoms with E-state index in [0.717, 1.165) is 31.7 Å². The van der Waals surface area contributed by atoms with Crippen molar-refractivity contribution in [3.63, 3.8) is 0 Å². The van der Waals surface area contributed by atoms with Crippen LogP contribution in [0.4, 0.5) is 4.39 Å². The number of piperazine rings is 1. The van der Waals surface area contributed by atoms with Crippen LogP contribution in [0, 0.1) is 0 Å². The van der Waals surface area contributed by atoms with E-state index in [1.807, 2.05) is 0 Å². The highest BCUT2D eigenvalue weighted by atomic mass is 19.1. The van der Waals surface area contributed by atoms with Crippen molar-refractivity contribution in [3.05, 3.63) is 23.8 Å². The maximum Gasteiger partial charge on any atom is 0.119 e. The van der Waals surface area contributed by atoms with Gasteiger partial charge < -0.3 is 15.5 Å². The predicted molar refractivity (Wildman–Crippen MR) is 67.5 cm³/mol. The van der Waals surface area contributed by atoms with Gasteiger partial charge in [0.25, 0.3) is 0 Å². The van der Waals surface area contributed by atoms with Gasteiger partial charge in [0.15, 0.2) is 0 Å². The molecule has 1 aliphatic rings. The molecule has 0 aliphatic carbocycles. The summed E-state index contributed by atoms with van der Waals surface area (Å²) < 4.78 is 12.7. The van der Waals surface area contributed by atoms with E-state index in [4.69, 9.17) is 0 Å². The van der Waals surface area contributed by atoms with Crippen molar-refractivity contribution in [1.82, 2.24) is 10.2 Å². The molecule has 18 heavy (non-hydrogen) atoms. The average Bonchev–Trinajstić information content (AvgIpc) is 2.36. The average molecular weight is 254 g/mol. The lowest BCUT2D eigenvalue weighted by Crippen LogP contribution is -2.45. The molecule has 0 spiro atoms. The van der Waals surface area contributed by atoms with Crippen LogP contribution in [0.25, 0.3) is 0 Å². The first kappa shape index (κ1) is 13.1. The largest absolute Gasteiger partial charge is 0.508 e. The number of hydrogen-bond acceptors (Lipinski definition) is 4. The fourth-order valence-corrected chi connectivity index (χ4v) is 2.47. The molecule has 2 rings (SSSR count). The van der Waals surface area contributed by atoms with Crippen molar-refractivity contribution in [2.75, 3.05) is 32.9 Å². The van der Waals surface area contributed by atoms with Gasteiger partial charge in [0.2, 0.25) is 0 Å². The topological polar surface area (TPSA) is 55.7 Å². The lowest BCUT2D eigenvalue weighted by molar-refractivity contribution is 0.157. The van der Waals surface area contributed by atoms with Gasteiger partial charge in [0, 0.05) is 38.3 Å². The van der Waals surface area contributed by atoms with Crippen molar-refractivity contribution in [2.45, 2.75) is 12.5 Å². The van der Waals surface area contributed by atoms with Crippen LogP contribution in [0.5, 0.6) is 11.5 Å². The molecule has 1 aromatic rings. The Kier molecular flexibility index (Phi) is 4.38. The SMILES string of the molecule is Oc1cc(O)cc([C@@H](CCF)N2CCNCC2)c1. The van der Waals surface area contributed by atoms with Crippen LogP contribution in [0.2, 0.25) is 0 Å². The zero-order chi connectivity index (χ0) is 13.0. The molecule has 1 fully saturated rings. The third kappa shape index (κ3) is 3.11. The van der Waals surface area contributed by atoms with Crippen molar-refractivity contribution < 1.29 is 14.6 Å². The van der Waals surface area contributed by atoms with Gasteiger partial charge in [-0.1, -0.05) is 0 Å². The summed E-state index contributed by atoms with van der Waals surface area (Å²) in [6.07, 6.45) is 0.378. The standard InChI is InChI=1S/C13H19FN2O2/c14-2-1-13(16-5-3-15-4-6-16)10-7-11(17)9-12(18)8-10/h7-9,13,15,17-18H,1-6H2/t13-/m1/s1. The minimum atomic E-state index is -0.412. The van der Waals surface area contributed by atoms with Crippen LogP contribution in [-0.4, -0.2) is 48.0 Å². The quantitative estimate of drug-likeness (QED) is 0.760. The normalized spacial score (nSPS) is 18.7. The summed E-state index contributed by atoms with van der Waals surface area (Å²) in [4.78, 5) is 2.18. The van der Waals surface area contributed by atoms with E-state index >= 15 is 0 Å². The van der Waals surface area contributed by atoms with Gasteiger partial charge in [-0.3, -0.25) is 9.29 Å². The number of phenolic OH excluding ortho intramolecular Hbond substituents is 2. The highest BCUT2D eigenvalue weighted by Gasteiger charge is 2.22. The van der Waals surface area contributed by atoms with Crippen LogP contribution < -0.4 is 5.32 Å². The van der Waals surface area contributed by atoms with E-state index in [1.54, 1.807) is 12.1 Å². The van der Waals surface area contributed by atoms with Crippen molar-refractivity contribution in [1.29, 1.82) is 0 Å². The Hall–Kier alpha value is -1.33. The van der Waals surface area contributed by atoms with Crippen LogP contribution in [0.1, 0.15) is 18.0 Å². The number of aromatic hydroxyl groups is 2. The molecule has 1 atom stereocenters. The molecule has 0 aromatic heterocycles. The minimum absolute atomic E-state index is 0.0176. The molecule has 0 amide bonds. The van der Waals surface area contributed by atoms with E-state index in [1.165, 1.54) is 6.07 Å². The van der Waals surface area contributed by atoms with Gasteiger partial charge in [-0.15, -0.1) is 0 Å². The molecule has 4 nitrogen and oxygen atoms in total. The molecule has 1 aromatic carbocycles. The number of halogens is 1. The zero-order valence-electron chi connectivity index (χ0n) is 10.3. The molecule has 1 saturated heterocycles. The number of rotatable bonds is 4. The van der Waals surface area contributed by atoms with Gasteiger partial charge in [-0.2, -0.15) is 0 Å². The van der Waals surface area contributed by atoms with Gasteiger partial charge in [0.05, 0.1) is 6.67 Å². The molecule has 100 valence electrons. The summed E-state index contributed by atoms with van der Waals surface area (Å²) in [7, 11) is 0. The van der Waals surface area contributed by atoms with E-state index in [2.05, 4.69) is 10.2 Å². The Labute approximate surface area is 106 Å². The van der Waals surface area contributed by atoms with Crippen LogP contribution in [0.3, 0.4) is 0 Å². The maximum absolute atomic E-state index is 12.7. The van der Waals surface area contributed by atoms with Gasteiger partial charge in [0.1, 0.15) is 11.5 Å². The van der Waals surface area contributed by atoms with Crippen LogP contribution >= 0.6 is 0 Å². The highest BCUT2D eigenvalue weighted by Crippen LogP contribution is 2.30. The molecule has 5 heteroatoms. The molecule has 1 aliphatic heterocycles. The summed E-state index contributed by atoms with van der Waals surface area (Å²) in [5.41, 5.74) is 0.770. The zero-order valence-corrected chi connectivity index (χ0v) is 10.3. The smallest absolute Gasteiger partial charge is 0.119 e. The number of benzene rings is 1. The van der Waals surface area contributed by atoms with E-state index in [-0.39, 0.29) is 17.5 Å². The highest BCUT2D eigenvalue weighted by molar-refractivity contribution is 5.38. The first-order valence-corrected chi connectivity index (χ1v) is 6.24. The lowest BCUT2D eigenvalue weighted by atomic mass is 10.0. The summed E-state index contributed by atoms with van der Waals surface area (Å²) in [5.74, 6) is 0.0352. The summed E-state index contributed by atoms with van der Waals surface area (Å²) >= 11 is 0. The van der Waals surface area contributed by atoms with Gasteiger partial charge in [-0.25, -0.2) is 0 Å². The molecule has 0 unspecified atom stereocenters. The second-order valence-electron chi connectivity index (χ2n) is 4.56. The molecular formula is C13H19FN2O2. The minimum Gasteiger partial charge on any atom is -0.508 e. The summed E-state index contributed by atoms with van der Waals surface area (Å²) in [6, 6.07) is 4.40. The summed E-state index contributed by atoms with van der Waals surface area (Å²) in [5, 5.41) is 22.3. The maximum atomic E-state index is 12.7. The van der Waals surface area contributed by atoms with E-state index in [9.17, 15) is 14.6 Å². The van der Waals surface area contributed by atoms with Crippen LogP contribution in [0.15, 0.2) is 18.2 Å². The lowest BCUT2D eigenvalue weighted by Gasteiger charge is -2.35. The van der Waals surface area contributed by atoms with Gasteiger partial charge >= 0.3 is 0 Å². The Morgan fingerprint density at radius 3 is 2.33 bits per heavy atom. The molecule has 0 radical (unpaired) electrons. The first-order valence-electron chi connectivity index (χ1n) is 6.24. The Morgan fingerprint density at radius 2 is 1.78 bits per heavy atom. The fourth-order valence-electron chi connectivity index (χ4n) is 2.47. The molecule has 0 saturated carbocycles. The first-order chi connectivity index (χ1) is 8.70. The Bertz CT molecular complexity index is 374. The number of alkyl halides is 1. The van der Waals surface area contributed by atoms with E-state index < -0.39 is 6.67 Å².